The van der Waals surface area contributed by atoms with Crippen LogP contribution in [0, 0.1) is 5.92 Å². The number of nitrogens with two attached hydrogens (primary N) is 1. The topological polar surface area (TPSA) is 135 Å². The van der Waals surface area contributed by atoms with Gasteiger partial charge in [0.2, 0.25) is 5.91 Å². The van der Waals surface area contributed by atoms with Crippen LogP contribution in [0.5, 0.6) is 0 Å². The third-order valence-corrected chi connectivity index (χ3v) is 18.6. The van der Waals surface area contributed by atoms with Crippen molar-refractivity contribution in [3.05, 3.63) is 0 Å². The Labute approximate surface area is 535 Å². The maximum atomic E-state index is 13.3. The molecule has 1 aliphatic rings. The highest BCUT2D eigenvalue weighted by Crippen LogP contribution is 2.19. The van der Waals surface area contributed by atoms with E-state index in [2.05, 4.69) is 54.2 Å². The van der Waals surface area contributed by atoms with Gasteiger partial charge in [-0.1, -0.05) is 285 Å². The van der Waals surface area contributed by atoms with Gasteiger partial charge >= 0.3 is 0 Å². The SMILES string of the molecule is CCCCCCCCCCCCC(=O)CN(CCOCCN1CCN(CCN(CCOCCN(C[C@@H](C)CCCCCCCCCCCC)C[C@H](O)CCCCCCCCCCCC)C(=O)CCN)CC1)C[C@@H](O)CCCCCCCCCCCC. The molecule has 0 spiro atoms. The second-order valence-corrected chi connectivity index (χ2v) is 27.1. The number of aliphatic hydroxyl groups excluding tert-OH is 2. The van der Waals surface area contributed by atoms with Gasteiger partial charge in [0.25, 0.3) is 0 Å². The summed E-state index contributed by atoms with van der Waals surface area (Å²) in [6, 6.07) is 0. The predicted molar refractivity (Wildman–Crippen MR) is 370 cm³/mol. The van der Waals surface area contributed by atoms with Crippen LogP contribution >= 0.6 is 0 Å². The molecule has 12 heteroatoms. The number of aliphatic hydroxyl groups is 2. The van der Waals surface area contributed by atoms with Gasteiger partial charge in [0.1, 0.15) is 5.78 Å². The van der Waals surface area contributed by atoms with E-state index in [1.54, 1.807) is 0 Å². The molecule has 86 heavy (non-hydrogen) atoms. The van der Waals surface area contributed by atoms with Gasteiger partial charge in [0, 0.05) is 104 Å². The molecule has 0 aliphatic carbocycles. The Morgan fingerprint density at radius 2 is 0.756 bits per heavy atom. The molecule has 0 unspecified atom stereocenters. The number of hydrogen-bond donors (Lipinski definition) is 3. The first-order chi connectivity index (χ1) is 42.1. The van der Waals surface area contributed by atoms with Crippen LogP contribution in [0.2, 0.25) is 0 Å². The number of rotatable bonds is 69. The van der Waals surface area contributed by atoms with E-state index in [4.69, 9.17) is 15.2 Å². The van der Waals surface area contributed by atoms with Gasteiger partial charge in [0.05, 0.1) is 45.2 Å². The third kappa shape index (κ3) is 54.5. The fourth-order valence-corrected chi connectivity index (χ4v) is 12.8. The molecular weight excluding hydrogens is 1070 g/mol. The molecule has 0 aromatic rings. The number of ketones is 1. The van der Waals surface area contributed by atoms with E-state index in [-0.39, 0.29) is 12.0 Å². The number of nitrogens with zero attached hydrogens (tertiary/aromatic N) is 5. The van der Waals surface area contributed by atoms with E-state index in [0.29, 0.717) is 96.8 Å². The maximum Gasteiger partial charge on any atom is 0.223 e. The first-order valence-electron chi connectivity index (χ1n) is 38.1. The molecule has 4 N–H and O–H groups in total. The molecule has 3 atom stereocenters. The molecule has 0 bridgehead atoms. The summed E-state index contributed by atoms with van der Waals surface area (Å²) in [6.45, 7) is 25.1. The van der Waals surface area contributed by atoms with Gasteiger partial charge in [0.15, 0.2) is 0 Å². The van der Waals surface area contributed by atoms with Crippen molar-refractivity contribution in [2.45, 2.75) is 336 Å². The zero-order valence-corrected chi connectivity index (χ0v) is 58.3. The highest BCUT2D eigenvalue weighted by molar-refractivity contribution is 5.80. The Morgan fingerprint density at radius 1 is 0.407 bits per heavy atom. The lowest BCUT2D eigenvalue weighted by molar-refractivity contribution is -0.132. The molecule has 1 amide bonds. The summed E-state index contributed by atoms with van der Waals surface area (Å²) < 4.78 is 12.5. The van der Waals surface area contributed by atoms with Crippen molar-refractivity contribution in [3.8, 4) is 0 Å². The lowest BCUT2D eigenvalue weighted by Gasteiger charge is -2.36. The van der Waals surface area contributed by atoms with Crippen molar-refractivity contribution in [1.82, 2.24) is 24.5 Å². The van der Waals surface area contributed by atoms with E-state index in [9.17, 15) is 19.8 Å². The van der Waals surface area contributed by atoms with Crippen LogP contribution < -0.4 is 5.73 Å². The molecule has 1 saturated heterocycles. The lowest BCUT2D eigenvalue weighted by Crippen LogP contribution is -2.50. The summed E-state index contributed by atoms with van der Waals surface area (Å²) in [4.78, 5) is 38.1. The van der Waals surface area contributed by atoms with E-state index in [0.717, 1.165) is 90.9 Å². The largest absolute Gasteiger partial charge is 0.392 e. The summed E-state index contributed by atoms with van der Waals surface area (Å²) in [5.74, 6) is 0.977. The third-order valence-electron chi connectivity index (χ3n) is 18.6. The van der Waals surface area contributed by atoms with Crippen LogP contribution in [-0.2, 0) is 19.1 Å². The van der Waals surface area contributed by atoms with Crippen LogP contribution in [0.3, 0.4) is 0 Å². The molecule has 0 saturated carbocycles. The second-order valence-electron chi connectivity index (χ2n) is 27.1. The molecule has 0 aromatic heterocycles. The molecule has 1 fully saturated rings. The Kier molecular flexibility index (Phi) is 61.5. The normalized spacial score (nSPS) is 14.5. The molecule has 12 nitrogen and oxygen atoms in total. The Morgan fingerprint density at radius 3 is 1.19 bits per heavy atom. The molecular formula is C74H150N6O6. The molecule has 512 valence electrons. The molecule has 1 aliphatic heterocycles. The zero-order valence-electron chi connectivity index (χ0n) is 58.3. The predicted octanol–water partition coefficient (Wildman–Crippen LogP) is 16.6. The Bertz CT molecular complexity index is 1380. The number of Topliss-reactive ketones (excluding diaryl/α,β-unsaturated/α-hetero) is 1. The number of amides is 1. The minimum absolute atomic E-state index is 0.102. The van der Waals surface area contributed by atoms with Crippen molar-refractivity contribution in [2.75, 3.05) is 125 Å². The second kappa shape index (κ2) is 63.9. The van der Waals surface area contributed by atoms with Crippen LogP contribution in [0.15, 0.2) is 0 Å². The number of ether oxygens (including phenoxy) is 2. The first kappa shape index (κ1) is 82.8. The van der Waals surface area contributed by atoms with Crippen LogP contribution in [0.25, 0.3) is 0 Å². The fraction of sp³-hybridized carbons (Fsp3) is 0.973. The smallest absolute Gasteiger partial charge is 0.223 e. The van der Waals surface area contributed by atoms with E-state index in [1.165, 1.54) is 238 Å². The number of carbonyl (C=O) groups is 2. The molecule has 0 radical (unpaired) electrons. The van der Waals surface area contributed by atoms with Gasteiger partial charge in [-0.3, -0.25) is 29.2 Å². The average molecular weight is 1220 g/mol. The molecule has 1 rings (SSSR count). The van der Waals surface area contributed by atoms with Crippen LogP contribution in [0.4, 0.5) is 0 Å². The van der Waals surface area contributed by atoms with Crippen LogP contribution in [0.1, 0.15) is 324 Å². The quantitative estimate of drug-likeness (QED) is 0.0502. The summed E-state index contributed by atoms with van der Waals surface area (Å²) in [5.41, 5.74) is 5.90. The van der Waals surface area contributed by atoms with Crippen molar-refractivity contribution in [2.24, 2.45) is 11.7 Å². The van der Waals surface area contributed by atoms with Gasteiger partial charge < -0.3 is 30.3 Å². The van der Waals surface area contributed by atoms with Gasteiger partial charge in [-0.05, 0) is 31.6 Å². The summed E-state index contributed by atoms with van der Waals surface area (Å²) in [5, 5.41) is 22.4. The van der Waals surface area contributed by atoms with E-state index >= 15 is 0 Å². The van der Waals surface area contributed by atoms with E-state index in [1.807, 2.05) is 4.90 Å². The van der Waals surface area contributed by atoms with E-state index < -0.39 is 6.10 Å². The fourth-order valence-electron chi connectivity index (χ4n) is 12.8. The summed E-state index contributed by atoms with van der Waals surface area (Å²) >= 11 is 0. The van der Waals surface area contributed by atoms with Crippen molar-refractivity contribution in [3.63, 3.8) is 0 Å². The number of carbonyl (C=O) groups excluding carboxylic acids is 2. The number of hydrogen-bond acceptors (Lipinski definition) is 11. The number of unbranched alkanes of at least 4 members (excludes halogenated alkanes) is 36. The van der Waals surface area contributed by atoms with Crippen LogP contribution in [-0.4, -0.2) is 183 Å². The lowest BCUT2D eigenvalue weighted by atomic mass is 10.00. The van der Waals surface area contributed by atoms with Gasteiger partial charge in [-0.2, -0.15) is 0 Å². The van der Waals surface area contributed by atoms with Crippen molar-refractivity contribution in [1.29, 1.82) is 0 Å². The highest BCUT2D eigenvalue weighted by Gasteiger charge is 2.21. The molecule has 1 heterocycles. The zero-order chi connectivity index (χ0) is 62.4. The highest BCUT2D eigenvalue weighted by atomic mass is 16.5. The monoisotopic (exact) mass is 1220 g/mol. The standard InChI is InChI=1S/C74H150N6O6/c1-6-10-14-18-22-26-30-34-38-42-46-70(5)66-78(67-71(81)47-43-39-35-31-27-23-19-15-11-7-2)59-63-86-65-61-80(74(84)50-51-75)57-56-76-52-54-77(55-53-76)58-62-85-64-60-79(68-72(82)48-44-40-36-32-28-24-20-16-12-8-3)69-73(83)49-45-41-37-33-29-25-21-17-13-9-4/h70-72,81-82H,6-69,75H2,1-5H3/t70-,71+,72-/m0/s1. The minimum Gasteiger partial charge on any atom is -0.392 e. The van der Waals surface area contributed by atoms with Gasteiger partial charge in [-0.25, -0.2) is 0 Å². The average Bonchev–Trinajstić information content (AvgIpc) is 3.66. The number of piperazine rings is 1. The Hall–Kier alpha value is -1.22. The summed E-state index contributed by atoms with van der Waals surface area (Å²) in [7, 11) is 0. The van der Waals surface area contributed by atoms with Crippen molar-refractivity contribution < 1.29 is 29.3 Å². The maximum absolute atomic E-state index is 13.3. The minimum atomic E-state index is -0.413. The molecule has 0 aromatic carbocycles. The van der Waals surface area contributed by atoms with Crippen molar-refractivity contribution >= 4 is 11.7 Å². The Balaban J connectivity index is 2.58. The first-order valence-corrected chi connectivity index (χ1v) is 38.1. The van der Waals surface area contributed by atoms with Gasteiger partial charge in [-0.15, -0.1) is 0 Å². The summed E-state index contributed by atoms with van der Waals surface area (Å²) in [6.07, 6.45) is 55.4.